The van der Waals surface area contributed by atoms with Crippen LogP contribution in [0.1, 0.15) is 36.4 Å². The molecule has 3 aromatic rings. The van der Waals surface area contributed by atoms with Crippen LogP contribution in [-0.2, 0) is 32.5 Å². The molecule has 42 heavy (non-hydrogen) atoms. The lowest BCUT2D eigenvalue weighted by atomic mass is 10.0. The van der Waals surface area contributed by atoms with Crippen molar-refractivity contribution in [2.24, 2.45) is 5.92 Å². The molecule has 2 amide bonds. The van der Waals surface area contributed by atoms with Crippen molar-refractivity contribution >= 4 is 27.5 Å². The van der Waals surface area contributed by atoms with Crippen LogP contribution in [-0.4, -0.2) is 78.6 Å². The third kappa shape index (κ3) is 7.00. The Balaban J connectivity index is 1.63. The van der Waals surface area contributed by atoms with Gasteiger partial charge in [0, 0.05) is 30.8 Å². The number of nitrogens with zero attached hydrogens (tertiary/aromatic N) is 3. The fourth-order valence-corrected chi connectivity index (χ4v) is 6.53. The Hall–Kier alpha value is -3.74. The molecule has 1 aliphatic rings. The van der Waals surface area contributed by atoms with E-state index in [0.29, 0.717) is 17.0 Å². The number of aliphatic hydroxyl groups excluding tert-OH is 1. The van der Waals surface area contributed by atoms with Gasteiger partial charge in [-0.1, -0.05) is 42.4 Å². The summed E-state index contributed by atoms with van der Waals surface area (Å²) in [5, 5.41) is 16.6. The summed E-state index contributed by atoms with van der Waals surface area (Å²) >= 11 is 0. The van der Waals surface area contributed by atoms with Gasteiger partial charge in [0.05, 0.1) is 32.0 Å². The van der Waals surface area contributed by atoms with E-state index in [4.69, 9.17) is 9.26 Å². The fraction of sp³-hybridized carbons (Fsp3) is 0.433. The molecule has 0 bridgehead atoms. The SMILES string of the molecule is Cc1noc(C)c1S(=O)(=O)N(C)C[C@@H]1Oc2ccc(NC(=O)Cc3ccccc3)cc2CC(=O)N([C@H](C)CO)C[C@H]1C. The summed E-state index contributed by atoms with van der Waals surface area (Å²) in [5.41, 5.74) is 2.19. The summed E-state index contributed by atoms with van der Waals surface area (Å²) in [6.07, 6.45) is -0.475. The largest absolute Gasteiger partial charge is 0.488 e. The minimum Gasteiger partial charge on any atom is -0.488 e. The number of aliphatic hydroxyl groups is 1. The highest BCUT2D eigenvalue weighted by Gasteiger charge is 2.35. The molecule has 1 aliphatic heterocycles. The molecule has 2 N–H and O–H groups in total. The second-order valence-electron chi connectivity index (χ2n) is 10.9. The number of benzene rings is 2. The lowest BCUT2D eigenvalue weighted by Gasteiger charge is -2.33. The number of ether oxygens (including phenoxy) is 1. The van der Waals surface area contributed by atoms with E-state index >= 15 is 0 Å². The molecule has 2 aromatic carbocycles. The molecule has 2 heterocycles. The summed E-state index contributed by atoms with van der Waals surface area (Å²) in [5.74, 6) is -0.101. The van der Waals surface area contributed by atoms with Crippen LogP contribution in [0, 0.1) is 19.8 Å². The van der Waals surface area contributed by atoms with Crippen molar-refractivity contribution in [1.29, 1.82) is 0 Å². The molecule has 0 fully saturated rings. The van der Waals surface area contributed by atoms with Crippen molar-refractivity contribution in [2.75, 3.05) is 32.1 Å². The van der Waals surface area contributed by atoms with Gasteiger partial charge in [0.25, 0.3) is 0 Å². The first-order valence-electron chi connectivity index (χ1n) is 13.8. The maximum atomic E-state index is 13.5. The minimum absolute atomic E-state index is 0.0158. The standard InChI is InChI=1S/C30H38N4O7S/c1-19-16-34(20(2)18-35)29(37)15-24-14-25(31-28(36)13-23-9-7-6-8-10-23)11-12-26(24)40-27(19)17-33(5)42(38,39)30-21(3)32-41-22(30)4/h6-12,14,19-20,27,35H,13,15-18H2,1-5H3,(H,31,36)/t19-,20-,27+/m1/s1. The summed E-state index contributed by atoms with van der Waals surface area (Å²) in [7, 11) is -2.48. The number of amides is 2. The van der Waals surface area contributed by atoms with Gasteiger partial charge in [-0.05, 0) is 44.5 Å². The second kappa shape index (κ2) is 13.1. The molecule has 0 spiro atoms. The Morgan fingerprint density at radius 1 is 1.21 bits per heavy atom. The lowest BCUT2D eigenvalue weighted by Crippen LogP contribution is -2.48. The van der Waals surface area contributed by atoms with E-state index in [-0.39, 0.29) is 66.6 Å². The van der Waals surface area contributed by atoms with Gasteiger partial charge in [-0.3, -0.25) is 9.59 Å². The number of aromatic nitrogens is 1. The lowest BCUT2D eigenvalue weighted by molar-refractivity contribution is -0.134. The molecule has 1 aromatic heterocycles. The van der Waals surface area contributed by atoms with Crippen LogP contribution in [0.15, 0.2) is 57.9 Å². The number of nitrogens with one attached hydrogen (secondary N) is 1. The predicted octanol–water partition coefficient (Wildman–Crippen LogP) is 2.94. The first-order valence-corrected chi connectivity index (χ1v) is 15.3. The Bertz CT molecular complexity index is 1500. The van der Waals surface area contributed by atoms with E-state index in [2.05, 4.69) is 10.5 Å². The molecule has 11 nitrogen and oxygen atoms in total. The molecule has 4 rings (SSSR count). The monoisotopic (exact) mass is 598 g/mol. The number of carbonyl (C=O) groups excluding carboxylic acids is 2. The fourth-order valence-electron chi connectivity index (χ4n) is 5.06. The van der Waals surface area contributed by atoms with E-state index in [1.165, 1.54) is 11.4 Å². The van der Waals surface area contributed by atoms with E-state index in [1.54, 1.807) is 43.9 Å². The third-order valence-electron chi connectivity index (χ3n) is 7.48. The van der Waals surface area contributed by atoms with Gasteiger partial charge in [-0.2, -0.15) is 4.31 Å². The van der Waals surface area contributed by atoms with Gasteiger partial charge in [0.15, 0.2) is 5.76 Å². The number of hydrogen-bond acceptors (Lipinski definition) is 8. The van der Waals surface area contributed by atoms with Gasteiger partial charge in [-0.15, -0.1) is 0 Å². The Kier molecular flexibility index (Phi) is 9.70. The Morgan fingerprint density at radius 3 is 2.57 bits per heavy atom. The maximum Gasteiger partial charge on any atom is 0.248 e. The van der Waals surface area contributed by atoms with Crippen molar-refractivity contribution in [2.45, 2.75) is 57.6 Å². The Morgan fingerprint density at radius 2 is 1.93 bits per heavy atom. The van der Waals surface area contributed by atoms with Gasteiger partial charge < -0.3 is 24.6 Å². The average Bonchev–Trinajstić information content (AvgIpc) is 3.31. The molecule has 0 radical (unpaired) electrons. The first-order chi connectivity index (χ1) is 19.9. The van der Waals surface area contributed by atoms with Crippen molar-refractivity contribution in [3.8, 4) is 5.75 Å². The van der Waals surface area contributed by atoms with Crippen LogP contribution in [0.25, 0.3) is 0 Å². The number of fused-ring (bicyclic) bond motifs is 1. The molecule has 226 valence electrons. The number of carbonyl (C=O) groups is 2. The van der Waals surface area contributed by atoms with Crippen LogP contribution in [0.2, 0.25) is 0 Å². The van der Waals surface area contributed by atoms with Gasteiger partial charge >= 0.3 is 0 Å². The number of hydrogen-bond donors (Lipinski definition) is 2. The van der Waals surface area contributed by atoms with Crippen LogP contribution in [0.3, 0.4) is 0 Å². The molecule has 3 atom stereocenters. The number of rotatable bonds is 9. The second-order valence-corrected chi connectivity index (χ2v) is 12.8. The molecule has 0 saturated carbocycles. The molecular weight excluding hydrogens is 560 g/mol. The topological polar surface area (TPSA) is 142 Å². The van der Waals surface area contributed by atoms with E-state index < -0.39 is 22.2 Å². The number of likely N-dealkylation sites (N-methyl/N-ethyl adjacent to an activating group) is 1. The zero-order chi connectivity index (χ0) is 30.6. The van der Waals surface area contributed by atoms with Crippen molar-refractivity contribution in [3.05, 3.63) is 71.1 Å². The zero-order valence-electron chi connectivity index (χ0n) is 24.5. The summed E-state index contributed by atoms with van der Waals surface area (Å²) < 4.78 is 39.7. The van der Waals surface area contributed by atoms with Gasteiger partial charge in [0.1, 0.15) is 22.4 Å². The summed E-state index contributed by atoms with van der Waals surface area (Å²) in [6.45, 7) is 6.76. The highest BCUT2D eigenvalue weighted by Crippen LogP contribution is 2.30. The highest BCUT2D eigenvalue weighted by atomic mass is 32.2. The van der Waals surface area contributed by atoms with Crippen LogP contribution in [0.4, 0.5) is 5.69 Å². The third-order valence-corrected chi connectivity index (χ3v) is 9.55. The van der Waals surface area contributed by atoms with Gasteiger partial charge in [-0.25, -0.2) is 8.42 Å². The Labute approximate surface area is 246 Å². The highest BCUT2D eigenvalue weighted by molar-refractivity contribution is 7.89. The predicted molar refractivity (Wildman–Crippen MR) is 157 cm³/mol. The van der Waals surface area contributed by atoms with E-state index in [9.17, 15) is 23.1 Å². The number of aryl methyl sites for hydroxylation is 2. The van der Waals surface area contributed by atoms with Gasteiger partial charge in [0.2, 0.25) is 21.8 Å². The summed E-state index contributed by atoms with van der Waals surface area (Å²) in [6, 6.07) is 14.0. The molecule has 0 unspecified atom stereocenters. The van der Waals surface area contributed by atoms with Crippen molar-refractivity contribution in [1.82, 2.24) is 14.4 Å². The molecule has 12 heteroatoms. The zero-order valence-corrected chi connectivity index (χ0v) is 25.3. The number of anilines is 1. The van der Waals surface area contributed by atoms with E-state index in [0.717, 1.165) is 5.56 Å². The van der Waals surface area contributed by atoms with Crippen molar-refractivity contribution < 1.29 is 32.4 Å². The van der Waals surface area contributed by atoms with Crippen LogP contribution >= 0.6 is 0 Å². The normalized spacial score (nSPS) is 18.5. The minimum atomic E-state index is -3.95. The van der Waals surface area contributed by atoms with E-state index in [1.807, 2.05) is 37.3 Å². The smallest absolute Gasteiger partial charge is 0.248 e. The van der Waals surface area contributed by atoms with Crippen molar-refractivity contribution in [3.63, 3.8) is 0 Å². The maximum absolute atomic E-state index is 13.5. The molecule has 0 aliphatic carbocycles. The average molecular weight is 599 g/mol. The number of sulfonamides is 1. The molecule has 0 saturated heterocycles. The first kappa shape index (κ1) is 31.2. The van der Waals surface area contributed by atoms with Crippen LogP contribution < -0.4 is 10.1 Å². The van der Waals surface area contributed by atoms with Crippen LogP contribution in [0.5, 0.6) is 5.75 Å². The summed E-state index contributed by atoms with van der Waals surface area (Å²) in [4.78, 5) is 27.8. The molecular formula is C30H38N4O7S. The quantitative estimate of drug-likeness (QED) is 0.383.